The van der Waals surface area contributed by atoms with Gasteiger partial charge in [0.05, 0.1) is 5.38 Å². The molecule has 2 aromatic rings. The van der Waals surface area contributed by atoms with Crippen LogP contribution < -0.4 is 0 Å². The normalized spacial score (nSPS) is 14.3. The molecule has 0 bridgehead atoms. The number of hydrogen-bond donors (Lipinski definition) is 0. The number of alkyl halides is 1. The average molecular weight is 266 g/mol. The van der Waals surface area contributed by atoms with Crippen molar-refractivity contribution < 1.29 is 0 Å². The molecule has 1 heterocycles. The van der Waals surface area contributed by atoms with Crippen LogP contribution in [0.25, 0.3) is 0 Å². The molecule has 1 aromatic heterocycles. The Morgan fingerprint density at radius 3 is 2.35 bits per heavy atom. The lowest BCUT2D eigenvalue weighted by atomic mass is 9.94. The summed E-state index contributed by atoms with van der Waals surface area (Å²) in [5.74, 6) is 0.194. The molecule has 17 heavy (non-hydrogen) atoms. The van der Waals surface area contributed by atoms with Crippen LogP contribution in [0.4, 0.5) is 0 Å². The molecule has 1 nitrogen and oxygen atoms in total. The fourth-order valence-corrected chi connectivity index (χ4v) is 2.45. The van der Waals surface area contributed by atoms with Crippen molar-refractivity contribution in [2.24, 2.45) is 0 Å². The SMILES string of the molecule is CC(c1ccncc1)C(Cl)c1ccccc1Cl. The zero-order chi connectivity index (χ0) is 12.3. The van der Waals surface area contributed by atoms with Crippen LogP contribution in [-0.2, 0) is 0 Å². The van der Waals surface area contributed by atoms with Crippen LogP contribution in [0.2, 0.25) is 5.02 Å². The van der Waals surface area contributed by atoms with E-state index in [9.17, 15) is 0 Å². The highest BCUT2D eigenvalue weighted by Gasteiger charge is 2.20. The topological polar surface area (TPSA) is 12.9 Å². The van der Waals surface area contributed by atoms with E-state index in [1.54, 1.807) is 12.4 Å². The van der Waals surface area contributed by atoms with Gasteiger partial charge in [-0.3, -0.25) is 4.98 Å². The predicted molar refractivity (Wildman–Crippen MR) is 72.7 cm³/mol. The van der Waals surface area contributed by atoms with Gasteiger partial charge < -0.3 is 0 Å². The monoisotopic (exact) mass is 265 g/mol. The van der Waals surface area contributed by atoms with Crippen LogP contribution >= 0.6 is 23.2 Å². The Bertz CT molecular complexity index is 485. The predicted octanol–water partition coefficient (Wildman–Crippen LogP) is 4.82. The van der Waals surface area contributed by atoms with Crippen LogP contribution in [0.5, 0.6) is 0 Å². The van der Waals surface area contributed by atoms with Gasteiger partial charge in [-0.2, -0.15) is 0 Å². The van der Waals surface area contributed by atoms with Gasteiger partial charge in [-0.15, -0.1) is 11.6 Å². The van der Waals surface area contributed by atoms with Gasteiger partial charge in [0.1, 0.15) is 0 Å². The summed E-state index contributed by atoms with van der Waals surface area (Å²) in [6.07, 6.45) is 3.56. The van der Waals surface area contributed by atoms with Gasteiger partial charge in [-0.1, -0.05) is 36.7 Å². The van der Waals surface area contributed by atoms with Crippen LogP contribution in [0.1, 0.15) is 29.3 Å². The van der Waals surface area contributed by atoms with E-state index in [-0.39, 0.29) is 11.3 Å². The average Bonchev–Trinajstić information content (AvgIpc) is 2.39. The molecule has 0 aliphatic heterocycles. The summed E-state index contributed by atoms with van der Waals surface area (Å²) in [5, 5.41) is 0.583. The van der Waals surface area contributed by atoms with E-state index in [1.165, 1.54) is 5.56 Å². The van der Waals surface area contributed by atoms with E-state index >= 15 is 0 Å². The lowest BCUT2D eigenvalue weighted by Gasteiger charge is -2.19. The van der Waals surface area contributed by atoms with Gasteiger partial charge in [0.15, 0.2) is 0 Å². The fraction of sp³-hybridized carbons (Fsp3) is 0.214. The number of hydrogen-bond acceptors (Lipinski definition) is 1. The van der Waals surface area contributed by atoms with Crippen molar-refractivity contribution >= 4 is 23.2 Å². The van der Waals surface area contributed by atoms with Crippen molar-refractivity contribution in [3.63, 3.8) is 0 Å². The first kappa shape index (κ1) is 12.4. The molecular formula is C14H13Cl2N. The minimum Gasteiger partial charge on any atom is -0.265 e. The van der Waals surface area contributed by atoms with E-state index < -0.39 is 0 Å². The van der Waals surface area contributed by atoms with Crippen LogP contribution in [0.3, 0.4) is 0 Å². The number of pyridine rings is 1. The molecule has 1 aromatic carbocycles. The second-order valence-electron chi connectivity index (χ2n) is 3.99. The van der Waals surface area contributed by atoms with Crippen molar-refractivity contribution in [1.29, 1.82) is 0 Å². The summed E-state index contributed by atoms with van der Waals surface area (Å²) in [4.78, 5) is 4.01. The quantitative estimate of drug-likeness (QED) is 0.726. The van der Waals surface area contributed by atoms with Crippen LogP contribution in [0, 0.1) is 0 Å². The number of nitrogens with zero attached hydrogens (tertiary/aromatic N) is 1. The highest BCUT2D eigenvalue weighted by molar-refractivity contribution is 6.32. The second kappa shape index (κ2) is 5.52. The Kier molecular flexibility index (Phi) is 4.03. The molecule has 0 fully saturated rings. The first-order valence-corrected chi connectivity index (χ1v) is 6.30. The van der Waals surface area contributed by atoms with Gasteiger partial charge in [0, 0.05) is 23.3 Å². The summed E-state index contributed by atoms with van der Waals surface area (Å²) < 4.78 is 0. The van der Waals surface area contributed by atoms with Crippen LogP contribution in [0.15, 0.2) is 48.8 Å². The molecule has 88 valence electrons. The zero-order valence-electron chi connectivity index (χ0n) is 9.48. The summed E-state index contributed by atoms with van der Waals surface area (Å²) in [6, 6.07) is 11.7. The van der Waals surface area contributed by atoms with Crippen molar-refractivity contribution in [2.45, 2.75) is 18.2 Å². The maximum absolute atomic E-state index is 6.49. The Hall–Kier alpha value is -1.05. The number of benzene rings is 1. The Morgan fingerprint density at radius 1 is 1.06 bits per heavy atom. The first-order chi connectivity index (χ1) is 8.20. The minimum absolute atomic E-state index is 0.133. The Balaban J connectivity index is 2.27. The number of rotatable bonds is 3. The van der Waals surface area contributed by atoms with Crippen molar-refractivity contribution in [1.82, 2.24) is 4.98 Å². The lowest BCUT2D eigenvalue weighted by molar-refractivity contribution is 0.730. The Labute approximate surface area is 111 Å². The van der Waals surface area contributed by atoms with E-state index in [0.717, 1.165) is 5.56 Å². The van der Waals surface area contributed by atoms with Gasteiger partial charge >= 0.3 is 0 Å². The molecule has 2 rings (SSSR count). The smallest absolute Gasteiger partial charge is 0.0665 e. The van der Waals surface area contributed by atoms with E-state index in [2.05, 4.69) is 11.9 Å². The number of halogens is 2. The zero-order valence-corrected chi connectivity index (χ0v) is 11.0. The fourth-order valence-electron chi connectivity index (χ4n) is 1.80. The van der Waals surface area contributed by atoms with Crippen molar-refractivity contribution in [3.8, 4) is 0 Å². The lowest BCUT2D eigenvalue weighted by Crippen LogP contribution is -2.03. The number of aromatic nitrogens is 1. The summed E-state index contributed by atoms with van der Waals surface area (Å²) >= 11 is 12.6. The molecule has 3 heteroatoms. The third kappa shape index (κ3) is 2.80. The molecule has 2 atom stereocenters. The molecule has 0 aliphatic carbocycles. The molecule has 0 N–H and O–H groups in total. The van der Waals surface area contributed by atoms with Crippen molar-refractivity contribution in [2.75, 3.05) is 0 Å². The first-order valence-electron chi connectivity index (χ1n) is 5.48. The van der Waals surface area contributed by atoms with Crippen LogP contribution in [-0.4, -0.2) is 4.98 Å². The molecule has 2 unspecified atom stereocenters. The largest absolute Gasteiger partial charge is 0.265 e. The standard InChI is InChI=1S/C14H13Cl2N/c1-10(11-6-8-17-9-7-11)14(16)12-4-2-3-5-13(12)15/h2-10,14H,1H3. The van der Waals surface area contributed by atoms with Crippen molar-refractivity contribution in [3.05, 3.63) is 64.9 Å². The highest BCUT2D eigenvalue weighted by atomic mass is 35.5. The van der Waals surface area contributed by atoms with E-state index in [1.807, 2.05) is 36.4 Å². The van der Waals surface area contributed by atoms with Gasteiger partial charge in [0.2, 0.25) is 0 Å². The summed E-state index contributed by atoms with van der Waals surface area (Å²) in [5.41, 5.74) is 2.14. The highest BCUT2D eigenvalue weighted by Crippen LogP contribution is 2.38. The third-order valence-electron chi connectivity index (χ3n) is 2.87. The Morgan fingerprint density at radius 2 is 1.71 bits per heavy atom. The summed E-state index contributed by atoms with van der Waals surface area (Å²) in [6.45, 7) is 2.09. The molecule has 0 radical (unpaired) electrons. The minimum atomic E-state index is -0.133. The molecule has 0 spiro atoms. The van der Waals surface area contributed by atoms with Gasteiger partial charge in [0.25, 0.3) is 0 Å². The molecule has 0 amide bonds. The molecule has 0 aliphatic rings. The maximum atomic E-state index is 6.49. The maximum Gasteiger partial charge on any atom is 0.0665 e. The van der Waals surface area contributed by atoms with Gasteiger partial charge in [-0.25, -0.2) is 0 Å². The second-order valence-corrected chi connectivity index (χ2v) is 4.87. The summed E-state index contributed by atoms with van der Waals surface area (Å²) in [7, 11) is 0. The van der Waals surface area contributed by atoms with E-state index in [4.69, 9.17) is 23.2 Å². The van der Waals surface area contributed by atoms with E-state index in [0.29, 0.717) is 5.02 Å². The third-order valence-corrected chi connectivity index (χ3v) is 3.83. The molecule has 0 saturated carbocycles. The molecular weight excluding hydrogens is 253 g/mol. The molecule has 0 saturated heterocycles. The van der Waals surface area contributed by atoms with Gasteiger partial charge in [-0.05, 0) is 29.3 Å².